The van der Waals surface area contributed by atoms with Crippen LogP contribution in [-0.4, -0.2) is 27.7 Å². The maximum Gasteiger partial charge on any atom is 0.223 e. The zero-order valence-electron chi connectivity index (χ0n) is 14.9. The molecule has 1 rings (SSSR count). The van der Waals surface area contributed by atoms with Gasteiger partial charge in [0.2, 0.25) is 5.43 Å². The molecule has 1 aromatic heterocycles. The summed E-state index contributed by atoms with van der Waals surface area (Å²) < 4.78 is 2.12. The lowest BCUT2D eigenvalue weighted by Crippen LogP contribution is -2.29. The summed E-state index contributed by atoms with van der Waals surface area (Å²) in [4.78, 5) is 14.3. The van der Waals surface area contributed by atoms with E-state index >= 15 is 0 Å². The number of aromatic hydroxyl groups is 1. The average molecular weight is 308 g/mol. The third-order valence-electron chi connectivity index (χ3n) is 3.98. The van der Waals surface area contributed by atoms with Gasteiger partial charge < -0.3 is 9.67 Å². The molecule has 1 N–H and O–H groups in total. The fraction of sp³-hybridized carbons (Fsp3) is 0.722. The first-order valence-corrected chi connectivity index (χ1v) is 8.55. The van der Waals surface area contributed by atoms with Crippen LogP contribution in [0.1, 0.15) is 58.3 Å². The van der Waals surface area contributed by atoms with Gasteiger partial charge in [0.25, 0.3) is 0 Å². The number of hydrogen-bond donors (Lipinski definition) is 1. The molecule has 0 saturated heterocycles. The van der Waals surface area contributed by atoms with Gasteiger partial charge in [0.1, 0.15) is 0 Å². The summed E-state index contributed by atoms with van der Waals surface area (Å²) in [6, 6.07) is 1.54. The van der Waals surface area contributed by atoms with Crippen molar-refractivity contribution in [2.75, 3.05) is 13.1 Å². The zero-order valence-corrected chi connectivity index (χ0v) is 14.9. The van der Waals surface area contributed by atoms with Gasteiger partial charge in [0.05, 0.1) is 5.69 Å². The van der Waals surface area contributed by atoms with Gasteiger partial charge >= 0.3 is 0 Å². The second-order valence-corrected chi connectivity index (χ2v) is 6.56. The number of nitrogens with zero attached hydrogens (tertiary/aromatic N) is 2. The maximum absolute atomic E-state index is 12.0. The molecular formula is C18H32N2O2. The van der Waals surface area contributed by atoms with Crippen LogP contribution in [0.5, 0.6) is 5.75 Å². The van der Waals surface area contributed by atoms with Crippen LogP contribution in [0.15, 0.2) is 10.9 Å². The normalized spacial score (nSPS) is 11.6. The molecule has 0 saturated carbocycles. The van der Waals surface area contributed by atoms with Gasteiger partial charge in [-0.25, -0.2) is 0 Å². The van der Waals surface area contributed by atoms with Crippen molar-refractivity contribution in [3.63, 3.8) is 0 Å². The molecule has 0 aromatic carbocycles. The monoisotopic (exact) mass is 308 g/mol. The molecule has 1 aromatic rings. The highest BCUT2D eigenvalue weighted by atomic mass is 16.3. The largest absolute Gasteiger partial charge is 0.503 e. The van der Waals surface area contributed by atoms with Crippen LogP contribution in [0, 0.1) is 12.8 Å². The fourth-order valence-corrected chi connectivity index (χ4v) is 2.79. The molecule has 0 aliphatic carbocycles. The molecular weight excluding hydrogens is 276 g/mol. The van der Waals surface area contributed by atoms with E-state index in [1.54, 1.807) is 6.07 Å². The molecule has 0 atom stereocenters. The van der Waals surface area contributed by atoms with Crippen molar-refractivity contribution in [3.8, 4) is 5.75 Å². The highest BCUT2D eigenvalue weighted by Crippen LogP contribution is 2.19. The summed E-state index contributed by atoms with van der Waals surface area (Å²) in [7, 11) is 0. The molecule has 0 unspecified atom stereocenters. The van der Waals surface area contributed by atoms with Crippen LogP contribution >= 0.6 is 0 Å². The van der Waals surface area contributed by atoms with Crippen LogP contribution in [0.3, 0.4) is 0 Å². The molecule has 0 bridgehead atoms. The Morgan fingerprint density at radius 3 is 2.32 bits per heavy atom. The molecule has 0 amide bonds. The number of aromatic nitrogens is 1. The number of pyridine rings is 1. The first-order valence-electron chi connectivity index (χ1n) is 8.55. The lowest BCUT2D eigenvalue weighted by Gasteiger charge is -2.25. The minimum absolute atomic E-state index is 0.0773. The van der Waals surface area contributed by atoms with Gasteiger partial charge in [-0.2, -0.15) is 0 Å². The van der Waals surface area contributed by atoms with Crippen LogP contribution in [0.4, 0.5) is 0 Å². The standard InChI is InChI=1S/C18H32N2O2/c1-6-9-19(10-7-2)13-16-18(22)17(21)12-15(5)20(16)11-8-14(3)4/h12,14,22H,6-11,13H2,1-5H3. The summed E-state index contributed by atoms with van der Waals surface area (Å²) in [5.41, 5.74) is 1.44. The van der Waals surface area contributed by atoms with E-state index in [0.29, 0.717) is 12.5 Å². The smallest absolute Gasteiger partial charge is 0.223 e. The summed E-state index contributed by atoms with van der Waals surface area (Å²) in [5, 5.41) is 10.3. The Hall–Kier alpha value is -1.29. The Morgan fingerprint density at radius 1 is 1.23 bits per heavy atom. The predicted molar refractivity (Wildman–Crippen MR) is 92.4 cm³/mol. The van der Waals surface area contributed by atoms with E-state index < -0.39 is 0 Å². The van der Waals surface area contributed by atoms with Gasteiger partial charge in [0, 0.05) is 24.8 Å². The van der Waals surface area contributed by atoms with Crippen molar-refractivity contribution >= 4 is 0 Å². The highest BCUT2D eigenvalue weighted by molar-refractivity contribution is 5.29. The van der Waals surface area contributed by atoms with E-state index in [0.717, 1.165) is 50.3 Å². The zero-order chi connectivity index (χ0) is 16.7. The maximum atomic E-state index is 12.0. The average Bonchev–Trinajstić information content (AvgIpc) is 2.44. The molecule has 4 heteroatoms. The number of aryl methyl sites for hydroxylation is 1. The summed E-state index contributed by atoms with van der Waals surface area (Å²) in [5.74, 6) is 0.516. The Morgan fingerprint density at radius 2 is 1.82 bits per heavy atom. The quantitative estimate of drug-likeness (QED) is 0.759. The second-order valence-electron chi connectivity index (χ2n) is 6.56. The molecule has 0 radical (unpaired) electrons. The Labute approximate surface area is 134 Å². The molecule has 0 fully saturated rings. The minimum atomic E-state index is -0.263. The van der Waals surface area contributed by atoms with Crippen molar-refractivity contribution < 1.29 is 5.11 Å². The van der Waals surface area contributed by atoms with Crippen LogP contribution in [-0.2, 0) is 13.1 Å². The summed E-state index contributed by atoms with van der Waals surface area (Å²) in [6.07, 6.45) is 3.18. The molecule has 22 heavy (non-hydrogen) atoms. The Balaban J connectivity index is 3.15. The predicted octanol–water partition coefficient (Wildman–Crippen LogP) is 3.53. The minimum Gasteiger partial charge on any atom is -0.503 e. The van der Waals surface area contributed by atoms with E-state index in [-0.39, 0.29) is 11.2 Å². The van der Waals surface area contributed by atoms with Crippen molar-refractivity contribution in [3.05, 3.63) is 27.7 Å². The van der Waals surface area contributed by atoms with Gasteiger partial charge in [-0.1, -0.05) is 27.7 Å². The Bertz CT molecular complexity index is 515. The summed E-state index contributed by atoms with van der Waals surface area (Å²) >= 11 is 0. The first-order chi connectivity index (χ1) is 10.4. The first kappa shape index (κ1) is 18.8. The summed E-state index contributed by atoms with van der Waals surface area (Å²) in [6.45, 7) is 14.1. The number of hydrogen-bond acceptors (Lipinski definition) is 3. The number of rotatable bonds is 9. The SMILES string of the molecule is CCCN(CCC)Cc1c(O)c(=O)cc(C)n1CCC(C)C. The van der Waals surface area contributed by atoms with E-state index in [1.807, 2.05) is 6.92 Å². The molecule has 0 spiro atoms. The van der Waals surface area contributed by atoms with Crippen LogP contribution in [0.2, 0.25) is 0 Å². The third-order valence-corrected chi connectivity index (χ3v) is 3.98. The molecule has 0 aliphatic rings. The fourth-order valence-electron chi connectivity index (χ4n) is 2.79. The van der Waals surface area contributed by atoms with Gasteiger partial charge in [-0.05, 0) is 45.2 Å². The van der Waals surface area contributed by atoms with Crippen LogP contribution < -0.4 is 5.43 Å². The lowest BCUT2D eigenvalue weighted by atomic mass is 10.1. The van der Waals surface area contributed by atoms with E-state index in [4.69, 9.17) is 0 Å². The molecule has 0 aliphatic heterocycles. The highest BCUT2D eigenvalue weighted by Gasteiger charge is 2.16. The van der Waals surface area contributed by atoms with E-state index in [1.165, 1.54) is 0 Å². The Kier molecular flexibility index (Phi) is 7.66. The molecule has 126 valence electrons. The van der Waals surface area contributed by atoms with E-state index in [9.17, 15) is 9.90 Å². The van der Waals surface area contributed by atoms with Gasteiger partial charge in [-0.15, -0.1) is 0 Å². The van der Waals surface area contributed by atoms with Crippen molar-refractivity contribution in [2.24, 2.45) is 5.92 Å². The molecule has 4 nitrogen and oxygen atoms in total. The third kappa shape index (κ3) is 5.16. The molecule has 1 heterocycles. The van der Waals surface area contributed by atoms with Crippen LogP contribution in [0.25, 0.3) is 0 Å². The van der Waals surface area contributed by atoms with Crippen molar-refractivity contribution in [1.29, 1.82) is 0 Å². The van der Waals surface area contributed by atoms with Crippen molar-refractivity contribution in [1.82, 2.24) is 9.47 Å². The van der Waals surface area contributed by atoms with Gasteiger partial charge in [-0.3, -0.25) is 9.69 Å². The lowest BCUT2D eigenvalue weighted by molar-refractivity contribution is 0.252. The van der Waals surface area contributed by atoms with Gasteiger partial charge in [0.15, 0.2) is 5.75 Å². The second kappa shape index (κ2) is 8.99. The van der Waals surface area contributed by atoms with Crippen molar-refractivity contribution in [2.45, 2.75) is 67.0 Å². The topological polar surface area (TPSA) is 45.5 Å². The van der Waals surface area contributed by atoms with E-state index in [2.05, 4.69) is 37.2 Å².